The number of nitrogens with zero attached hydrogens (tertiary/aromatic N) is 1. The molecule has 260 valence electrons. The fraction of sp³-hybridized carbons (Fsp3) is 0.625. The summed E-state index contributed by atoms with van der Waals surface area (Å²) in [5, 5.41) is 15.5. The van der Waals surface area contributed by atoms with Crippen molar-refractivity contribution in [1.29, 1.82) is 0 Å². The minimum absolute atomic E-state index is 0.0444. The molecule has 48 heavy (non-hydrogen) atoms. The number of aryl methyl sites for hydroxylation is 2. The van der Waals surface area contributed by atoms with E-state index in [1.807, 2.05) is 12.1 Å². The van der Waals surface area contributed by atoms with Crippen LogP contribution in [0, 0.1) is 22.2 Å². The standard InChI is InChI=1S/C40H56N4O4/c1-36-17-8-18-37(2,32(36)15-12-25-10-13-27(41)22-29(25)36)34(47)44(7)35(48)39(4)20-9-19-38(3)30-23-28(43-33(46)31(24-45)42-6)14-11-26(30)16-21-40(38,39)5/h10-11,13-14,22-23,31-32,42,45H,8-9,12,15-21,24,41H2,1-7H3,(H,43,46)/t31-,32+,36+,37-,38+,39+,40+/m0/s1. The molecule has 4 aliphatic carbocycles. The van der Waals surface area contributed by atoms with Gasteiger partial charge in [0, 0.05) is 18.4 Å². The van der Waals surface area contributed by atoms with Crippen LogP contribution in [0.2, 0.25) is 0 Å². The van der Waals surface area contributed by atoms with Gasteiger partial charge in [-0.1, -0.05) is 59.6 Å². The Kier molecular flexibility index (Phi) is 8.64. The van der Waals surface area contributed by atoms with Crippen molar-refractivity contribution in [2.75, 3.05) is 31.8 Å². The second-order valence-corrected chi connectivity index (χ2v) is 16.6. The first-order valence-corrected chi connectivity index (χ1v) is 18.0. The quantitative estimate of drug-likeness (QED) is 0.227. The van der Waals surface area contributed by atoms with Crippen LogP contribution in [0.1, 0.15) is 108 Å². The molecule has 0 aromatic heterocycles. The molecule has 3 amide bonds. The number of nitrogens with one attached hydrogen (secondary N) is 2. The maximum atomic E-state index is 15.0. The number of rotatable bonds is 6. The zero-order valence-corrected chi connectivity index (χ0v) is 30.1. The number of amides is 3. The third-order valence-corrected chi connectivity index (χ3v) is 14.5. The lowest BCUT2D eigenvalue weighted by Gasteiger charge is -2.63. The van der Waals surface area contributed by atoms with Crippen molar-refractivity contribution in [1.82, 2.24) is 10.2 Å². The highest BCUT2D eigenvalue weighted by Crippen LogP contribution is 2.66. The largest absolute Gasteiger partial charge is 0.399 e. The highest BCUT2D eigenvalue weighted by Gasteiger charge is 2.65. The molecule has 0 saturated heterocycles. The van der Waals surface area contributed by atoms with Gasteiger partial charge >= 0.3 is 0 Å². The molecule has 6 rings (SSSR count). The molecular weight excluding hydrogens is 600 g/mol. The van der Waals surface area contributed by atoms with Gasteiger partial charge in [0.25, 0.3) is 0 Å². The van der Waals surface area contributed by atoms with E-state index in [1.54, 1.807) is 14.1 Å². The van der Waals surface area contributed by atoms with Gasteiger partial charge in [-0.15, -0.1) is 0 Å². The van der Waals surface area contributed by atoms with Gasteiger partial charge in [-0.2, -0.15) is 0 Å². The maximum absolute atomic E-state index is 15.0. The molecule has 2 aromatic carbocycles. The van der Waals surface area contributed by atoms with Gasteiger partial charge in [0.1, 0.15) is 6.04 Å². The van der Waals surface area contributed by atoms with Crippen molar-refractivity contribution in [3.63, 3.8) is 0 Å². The molecule has 0 heterocycles. The van der Waals surface area contributed by atoms with Crippen molar-refractivity contribution in [2.24, 2.45) is 22.2 Å². The molecule has 4 aliphatic rings. The van der Waals surface area contributed by atoms with Crippen molar-refractivity contribution in [3.05, 3.63) is 58.7 Å². The topological polar surface area (TPSA) is 125 Å². The van der Waals surface area contributed by atoms with E-state index >= 15 is 0 Å². The van der Waals surface area contributed by atoms with Gasteiger partial charge in [-0.25, -0.2) is 0 Å². The van der Waals surface area contributed by atoms with E-state index in [-0.39, 0.29) is 41.1 Å². The highest BCUT2D eigenvalue weighted by atomic mass is 16.3. The predicted molar refractivity (Wildman–Crippen MR) is 190 cm³/mol. The normalized spacial score (nSPS) is 34.5. The van der Waals surface area contributed by atoms with Gasteiger partial charge in [0.05, 0.1) is 17.4 Å². The van der Waals surface area contributed by atoms with Gasteiger partial charge in [-0.05, 0) is 127 Å². The summed E-state index contributed by atoms with van der Waals surface area (Å²) in [6.07, 6.45) is 8.75. The Morgan fingerprint density at radius 3 is 2.29 bits per heavy atom. The Hall–Kier alpha value is -3.23. The fourth-order valence-corrected chi connectivity index (χ4v) is 11.2. The van der Waals surface area contributed by atoms with Gasteiger partial charge < -0.3 is 21.5 Å². The van der Waals surface area contributed by atoms with Crippen LogP contribution in [0.4, 0.5) is 11.4 Å². The number of nitrogens with two attached hydrogens (primary N) is 1. The Labute approximate surface area is 286 Å². The number of aliphatic hydroxyl groups is 1. The van der Waals surface area contributed by atoms with E-state index in [0.29, 0.717) is 5.69 Å². The van der Waals surface area contributed by atoms with E-state index < -0.39 is 22.3 Å². The van der Waals surface area contributed by atoms with Crippen molar-refractivity contribution in [2.45, 2.75) is 116 Å². The first-order chi connectivity index (χ1) is 22.6. The lowest BCUT2D eigenvalue weighted by atomic mass is 9.41. The van der Waals surface area contributed by atoms with E-state index in [1.165, 1.54) is 27.2 Å². The summed E-state index contributed by atoms with van der Waals surface area (Å²) in [6.45, 7) is 10.8. The van der Waals surface area contributed by atoms with Gasteiger partial charge in [0.15, 0.2) is 0 Å². The summed E-state index contributed by atoms with van der Waals surface area (Å²) in [4.78, 5) is 44.2. The van der Waals surface area contributed by atoms with Gasteiger partial charge in [0.2, 0.25) is 17.7 Å². The van der Waals surface area contributed by atoms with Crippen molar-refractivity contribution in [3.8, 4) is 0 Å². The molecule has 0 radical (unpaired) electrons. The highest BCUT2D eigenvalue weighted by molar-refractivity contribution is 6.01. The SMILES string of the molecule is CN[C@@H](CO)C(=O)Nc1ccc2c(c1)[C@@]1(C)CCC[C@](C)(C(=O)N(C)C(=O)[C@@]3(C)CCC[C@]4(C)c5cc(N)ccc5CC[C@@H]34)[C@]1(C)CC2. The number of imide groups is 1. The molecule has 0 unspecified atom stereocenters. The van der Waals surface area contributed by atoms with Crippen LogP contribution < -0.4 is 16.4 Å². The monoisotopic (exact) mass is 656 g/mol. The molecule has 7 atom stereocenters. The third-order valence-electron chi connectivity index (χ3n) is 14.5. The van der Waals surface area contributed by atoms with Crippen LogP contribution in [-0.4, -0.2) is 54.5 Å². The molecule has 5 N–H and O–H groups in total. The molecule has 2 aromatic rings. The van der Waals surface area contributed by atoms with E-state index in [2.05, 4.69) is 69.5 Å². The van der Waals surface area contributed by atoms with Crippen molar-refractivity contribution < 1.29 is 19.5 Å². The zero-order chi connectivity index (χ0) is 34.9. The Bertz CT molecular complexity index is 1640. The number of hydrogen-bond acceptors (Lipinski definition) is 6. The molecule has 0 spiro atoms. The minimum atomic E-state index is -0.753. The summed E-state index contributed by atoms with van der Waals surface area (Å²) in [7, 11) is 3.39. The third kappa shape index (κ3) is 4.87. The molecule has 0 aliphatic heterocycles. The Morgan fingerprint density at radius 2 is 1.58 bits per heavy atom. The summed E-state index contributed by atoms with van der Waals surface area (Å²) >= 11 is 0. The second-order valence-electron chi connectivity index (χ2n) is 16.6. The molecule has 0 bridgehead atoms. The number of benzene rings is 2. The molecule has 8 heteroatoms. The Morgan fingerprint density at radius 1 is 0.896 bits per heavy atom. The summed E-state index contributed by atoms with van der Waals surface area (Å²) in [5.74, 6) is -0.274. The lowest BCUT2D eigenvalue weighted by Crippen LogP contribution is -2.64. The van der Waals surface area contributed by atoms with E-state index in [0.717, 1.165) is 69.9 Å². The predicted octanol–water partition coefficient (Wildman–Crippen LogP) is 5.88. The lowest BCUT2D eigenvalue weighted by molar-refractivity contribution is -0.171. The molecule has 8 nitrogen and oxygen atoms in total. The molecule has 2 saturated carbocycles. The number of carbonyl (C=O) groups is 3. The number of hydrogen-bond donors (Lipinski definition) is 4. The van der Waals surface area contributed by atoms with Crippen LogP contribution in [0.15, 0.2) is 36.4 Å². The summed E-state index contributed by atoms with van der Waals surface area (Å²) < 4.78 is 0. The number of carbonyl (C=O) groups excluding carboxylic acids is 3. The average Bonchev–Trinajstić information content (AvgIpc) is 3.06. The first kappa shape index (κ1) is 34.6. The zero-order valence-electron chi connectivity index (χ0n) is 30.1. The number of fused-ring (bicyclic) bond motifs is 6. The van der Waals surface area contributed by atoms with E-state index in [4.69, 9.17) is 5.73 Å². The number of likely N-dealkylation sites (N-methyl/N-ethyl adjacent to an activating group) is 1. The van der Waals surface area contributed by atoms with Crippen LogP contribution in [0.3, 0.4) is 0 Å². The number of anilines is 2. The minimum Gasteiger partial charge on any atom is -0.399 e. The summed E-state index contributed by atoms with van der Waals surface area (Å²) in [5.41, 5.74) is 10.4. The smallest absolute Gasteiger partial charge is 0.243 e. The maximum Gasteiger partial charge on any atom is 0.243 e. The van der Waals surface area contributed by atoms with Crippen LogP contribution in [0.25, 0.3) is 0 Å². The summed E-state index contributed by atoms with van der Waals surface area (Å²) in [6, 6.07) is 11.7. The fourth-order valence-electron chi connectivity index (χ4n) is 11.2. The van der Waals surface area contributed by atoms with Crippen molar-refractivity contribution >= 4 is 29.1 Å². The van der Waals surface area contributed by atoms with Gasteiger partial charge in [-0.3, -0.25) is 19.3 Å². The van der Waals surface area contributed by atoms with E-state index in [9.17, 15) is 19.5 Å². The number of aliphatic hydroxyl groups excluding tert-OH is 1. The average molecular weight is 657 g/mol. The van der Waals surface area contributed by atoms with Crippen LogP contribution in [0.5, 0.6) is 0 Å². The van der Waals surface area contributed by atoms with Crippen LogP contribution >= 0.6 is 0 Å². The molecule has 2 fully saturated rings. The molecular formula is C40H56N4O4. The Balaban J connectivity index is 1.31. The number of nitrogen functional groups attached to an aromatic ring is 1. The first-order valence-electron chi connectivity index (χ1n) is 18.0. The van der Waals surface area contributed by atoms with Crippen LogP contribution in [-0.2, 0) is 38.1 Å². The second kappa shape index (κ2) is 12.0.